The van der Waals surface area contributed by atoms with E-state index in [4.69, 9.17) is 0 Å². The summed E-state index contributed by atoms with van der Waals surface area (Å²) in [5.74, 6) is -0.302. The van der Waals surface area contributed by atoms with Gasteiger partial charge in [0.05, 0.1) is 5.69 Å². The van der Waals surface area contributed by atoms with Gasteiger partial charge in [0.1, 0.15) is 5.82 Å². The molecule has 0 saturated carbocycles. The molecule has 0 aliphatic rings. The molecule has 0 bridgehead atoms. The fourth-order valence-corrected chi connectivity index (χ4v) is 3.08. The van der Waals surface area contributed by atoms with Crippen LogP contribution in [0.15, 0.2) is 77.4 Å². The molecule has 0 saturated heterocycles. The van der Waals surface area contributed by atoms with Crippen molar-refractivity contribution in [2.24, 2.45) is 0 Å². The molecule has 27 heavy (non-hydrogen) atoms. The average Bonchev–Trinajstić information content (AvgIpc) is 2.71. The molecule has 0 aliphatic carbocycles. The molecule has 0 atom stereocenters. The van der Waals surface area contributed by atoms with Gasteiger partial charge in [0.25, 0.3) is 5.91 Å². The number of nitrogens with one attached hydrogen (secondary N) is 1. The number of aromatic nitrogens is 2. The molecule has 1 amide bonds. The van der Waals surface area contributed by atoms with Gasteiger partial charge >= 0.3 is 0 Å². The van der Waals surface area contributed by atoms with Crippen LogP contribution in [-0.2, 0) is 0 Å². The lowest BCUT2D eigenvalue weighted by molar-refractivity contribution is 0.101. The van der Waals surface area contributed by atoms with Crippen molar-refractivity contribution in [2.45, 2.75) is 0 Å². The molecule has 2 heterocycles. The summed E-state index contributed by atoms with van der Waals surface area (Å²) in [6.07, 6.45) is 1.58. The molecule has 0 aliphatic heterocycles. The van der Waals surface area contributed by atoms with Crippen molar-refractivity contribution in [3.63, 3.8) is 0 Å². The second-order valence-electron chi connectivity index (χ2n) is 5.89. The fraction of sp³-hybridized carbons (Fsp3) is 0. The van der Waals surface area contributed by atoms with Crippen LogP contribution in [0.5, 0.6) is 5.75 Å². The van der Waals surface area contributed by atoms with Crippen LogP contribution in [0.3, 0.4) is 0 Å². The Hall–Kier alpha value is -3.25. The summed E-state index contributed by atoms with van der Waals surface area (Å²) in [5, 5.41) is 14.7. The van der Waals surface area contributed by atoms with E-state index in [0.29, 0.717) is 16.9 Å². The van der Waals surface area contributed by atoms with E-state index in [1.165, 1.54) is 0 Å². The second kappa shape index (κ2) is 7.17. The number of aromatic hydroxyl groups is 1. The Labute approximate surface area is 163 Å². The summed E-state index contributed by atoms with van der Waals surface area (Å²) >= 11 is 3.30. The summed E-state index contributed by atoms with van der Waals surface area (Å²) in [6.45, 7) is 0. The summed E-state index contributed by atoms with van der Waals surface area (Å²) in [7, 11) is 0. The van der Waals surface area contributed by atoms with Gasteiger partial charge in [-0.05, 0) is 28.1 Å². The number of fused-ring (bicyclic) bond motifs is 1. The second-order valence-corrected chi connectivity index (χ2v) is 6.80. The van der Waals surface area contributed by atoms with E-state index in [2.05, 4.69) is 31.2 Å². The summed E-state index contributed by atoms with van der Waals surface area (Å²) in [5.41, 5.74) is 1.46. The normalized spacial score (nSPS) is 10.7. The number of anilines is 1. The number of benzene rings is 2. The Morgan fingerprint density at radius 1 is 0.926 bits per heavy atom. The number of carbonyl (C=O) groups is 1. The van der Waals surface area contributed by atoms with Crippen LogP contribution >= 0.6 is 15.9 Å². The van der Waals surface area contributed by atoms with Gasteiger partial charge in [0.15, 0.2) is 11.4 Å². The van der Waals surface area contributed by atoms with E-state index in [1.807, 2.05) is 48.5 Å². The average molecular weight is 420 g/mol. The number of pyridine rings is 2. The summed E-state index contributed by atoms with van der Waals surface area (Å²) in [6, 6.07) is 20.3. The van der Waals surface area contributed by atoms with E-state index in [-0.39, 0.29) is 11.4 Å². The third-order valence-electron chi connectivity index (χ3n) is 4.12. The molecule has 2 aromatic carbocycles. The SMILES string of the molecule is O=C(Nc1ccc(Br)cn1)c1nc(-c2ccccc2)c2ccccc2c1O. The van der Waals surface area contributed by atoms with Gasteiger partial charge in [-0.1, -0.05) is 54.6 Å². The molecular formula is C21H14BrN3O2. The number of nitrogens with zero attached hydrogens (tertiary/aromatic N) is 2. The predicted molar refractivity (Wildman–Crippen MR) is 109 cm³/mol. The van der Waals surface area contributed by atoms with Gasteiger partial charge < -0.3 is 10.4 Å². The molecule has 0 unspecified atom stereocenters. The minimum atomic E-state index is -0.523. The highest BCUT2D eigenvalue weighted by Crippen LogP contribution is 2.34. The lowest BCUT2D eigenvalue weighted by Crippen LogP contribution is -2.15. The third kappa shape index (κ3) is 3.39. The fourth-order valence-electron chi connectivity index (χ4n) is 2.85. The number of hydrogen-bond acceptors (Lipinski definition) is 4. The molecule has 0 radical (unpaired) electrons. The Balaban J connectivity index is 1.84. The Morgan fingerprint density at radius 3 is 2.33 bits per heavy atom. The largest absolute Gasteiger partial charge is 0.505 e. The number of rotatable bonds is 3. The van der Waals surface area contributed by atoms with Crippen molar-refractivity contribution in [3.8, 4) is 17.0 Å². The van der Waals surface area contributed by atoms with Gasteiger partial charge in [-0.15, -0.1) is 0 Å². The predicted octanol–water partition coefficient (Wildman–Crippen LogP) is 5.02. The molecule has 2 N–H and O–H groups in total. The van der Waals surface area contributed by atoms with E-state index in [1.54, 1.807) is 24.4 Å². The third-order valence-corrected chi connectivity index (χ3v) is 4.59. The highest BCUT2D eigenvalue weighted by atomic mass is 79.9. The van der Waals surface area contributed by atoms with Crippen LogP contribution in [-0.4, -0.2) is 21.0 Å². The van der Waals surface area contributed by atoms with Crippen LogP contribution in [0.1, 0.15) is 10.5 Å². The first kappa shape index (κ1) is 17.2. The topological polar surface area (TPSA) is 75.1 Å². The first-order valence-corrected chi connectivity index (χ1v) is 9.03. The standard InChI is InChI=1S/C21H14BrN3O2/c22-14-10-11-17(23-12-14)24-21(27)19-20(26)16-9-5-4-8-15(16)18(25-19)13-6-2-1-3-7-13/h1-12,26H,(H,23,24,27). The minimum absolute atomic E-state index is 0.0442. The van der Waals surface area contributed by atoms with Crippen molar-refractivity contribution >= 4 is 38.4 Å². The minimum Gasteiger partial charge on any atom is -0.505 e. The monoisotopic (exact) mass is 419 g/mol. The zero-order valence-electron chi connectivity index (χ0n) is 14.1. The van der Waals surface area contributed by atoms with E-state index in [0.717, 1.165) is 15.4 Å². The lowest BCUT2D eigenvalue weighted by atomic mass is 10.0. The van der Waals surface area contributed by atoms with Gasteiger partial charge in [-0.3, -0.25) is 4.79 Å². The van der Waals surface area contributed by atoms with Crippen molar-refractivity contribution in [1.29, 1.82) is 0 Å². The lowest BCUT2D eigenvalue weighted by Gasteiger charge is -2.12. The molecule has 4 rings (SSSR count). The van der Waals surface area contributed by atoms with Crippen LogP contribution < -0.4 is 5.32 Å². The van der Waals surface area contributed by atoms with Gasteiger partial charge in [-0.2, -0.15) is 0 Å². The van der Waals surface area contributed by atoms with Crippen molar-refractivity contribution in [3.05, 3.63) is 83.1 Å². The van der Waals surface area contributed by atoms with Crippen molar-refractivity contribution in [1.82, 2.24) is 9.97 Å². The molecule has 4 aromatic rings. The Kier molecular flexibility index (Phi) is 4.56. The van der Waals surface area contributed by atoms with Crippen molar-refractivity contribution in [2.75, 3.05) is 5.32 Å². The highest BCUT2D eigenvalue weighted by Gasteiger charge is 2.20. The summed E-state index contributed by atoms with van der Waals surface area (Å²) < 4.78 is 0.804. The van der Waals surface area contributed by atoms with Crippen LogP contribution in [0, 0.1) is 0 Å². The van der Waals surface area contributed by atoms with Gasteiger partial charge in [0, 0.05) is 27.0 Å². The number of carbonyl (C=O) groups excluding carboxylic acids is 1. The maximum Gasteiger partial charge on any atom is 0.279 e. The molecule has 0 spiro atoms. The maximum absolute atomic E-state index is 12.8. The van der Waals surface area contributed by atoms with Crippen molar-refractivity contribution < 1.29 is 9.90 Å². The Morgan fingerprint density at radius 2 is 1.63 bits per heavy atom. The van der Waals surface area contributed by atoms with E-state index in [9.17, 15) is 9.90 Å². The molecule has 5 nitrogen and oxygen atoms in total. The zero-order chi connectivity index (χ0) is 18.8. The maximum atomic E-state index is 12.8. The molecule has 6 heteroatoms. The highest BCUT2D eigenvalue weighted by molar-refractivity contribution is 9.10. The van der Waals surface area contributed by atoms with Crippen LogP contribution in [0.25, 0.3) is 22.0 Å². The van der Waals surface area contributed by atoms with E-state index < -0.39 is 5.91 Å². The number of halogens is 1. The Bertz CT molecular complexity index is 1130. The first-order valence-electron chi connectivity index (χ1n) is 8.23. The molecule has 2 aromatic heterocycles. The van der Waals surface area contributed by atoms with Gasteiger partial charge in [-0.25, -0.2) is 9.97 Å². The molecule has 0 fully saturated rings. The smallest absolute Gasteiger partial charge is 0.279 e. The first-order chi connectivity index (χ1) is 13.1. The molecule has 132 valence electrons. The number of hydrogen-bond donors (Lipinski definition) is 2. The van der Waals surface area contributed by atoms with Crippen LogP contribution in [0.4, 0.5) is 5.82 Å². The zero-order valence-corrected chi connectivity index (χ0v) is 15.6. The van der Waals surface area contributed by atoms with Gasteiger partial charge in [0.2, 0.25) is 0 Å². The summed E-state index contributed by atoms with van der Waals surface area (Å²) in [4.78, 5) is 21.4. The molecular weight excluding hydrogens is 406 g/mol. The quantitative estimate of drug-likeness (QED) is 0.488. The van der Waals surface area contributed by atoms with E-state index >= 15 is 0 Å². The van der Waals surface area contributed by atoms with Crippen LogP contribution in [0.2, 0.25) is 0 Å². The number of amides is 1.